The zero-order valence-electron chi connectivity index (χ0n) is 10.9. The molecule has 0 fully saturated rings. The molecule has 0 saturated carbocycles. The molecule has 0 aromatic carbocycles. The van der Waals surface area contributed by atoms with E-state index in [1.165, 1.54) is 6.42 Å². The summed E-state index contributed by atoms with van der Waals surface area (Å²) in [7, 11) is 0.262. The molecule has 0 aliphatic rings. The van der Waals surface area contributed by atoms with Crippen molar-refractivity contribution >= 4 is 7.92 Å². The summed E-state index contributed by atoms with van der Waals surface area (Å²) in [6.07, 6.45) is 1.50. The second-order valence-electron chi connectivity index (χ2n) is 4.02. The van der Waals surface area contributed by atoms with Gasteiger partial charge in [0.05, 0.1) is 0 Å². The van der Waals surface area contributed by atoms with E-state index < -0.39 is 0 Å². The number of halogens is 1. The molecule has 0 bridgehead atoms. The zero-order valence-corrected chi connectivity index (χ0v) is 15.5. The summed E-state index contributed by atoms with van der Waals surface area (Å²) in [5.74, 6) is 0. The van der Waals surface area contributed by atoms with Gasteiger partial charge in [0.1, 0.15) is 0 Å². The van der Waals surface area contributed by atoms with Gasteiger partial charge in [-0.2, -0.15) is 0 Å². The smallest absolute Gasteiger partial charge is 1.00 e. The van der Waals surface area contributed by atoms with Crippen molar-refractivity contribution in [3.8, 4) is 0 Å². The summed E-state index contributed by atoms with van der Waals surface area (Å²) in [5.41, 5.74) is 2.69. The average molecular weight is 435 g/mol. The molecule has 0 aromatic rings. The van der Waals surface area contributed by atoms with Crippen molar-refractivity contribution in [1.82, 2.24) is 0 Å². The minimum absolute atomic E-state index is 0. The van der Waals surface area contributed by atoms with Gasteiger partial charge in [0.2, 0.25) is 0 Å². The van der Waals surface area contributed by atoms with Crippen LogP contribution in [0.1, 0.15) is 41.5 Å². The van der Waals surface area contributed by atoms with Crippen molar-refractivity contribution in [3.05, 3.63) is 20.3 Å². The summed E-state index contributed by atoms with van der Waals surface area (Å²) in [6.45, 7) is 20.6. The van der Waals surface area contributed by atoms with Gasteiger partial charge in [-0.1, -0.05) is 49.5 Å². The molecule has 0 aromatic heterocycles. The third-order valence-electron chi connectivity index (χ3n) is 1.79. The molecule has 0 aliphatic carbocycles. The van der Waals surface area contributed by atoms with Crippen LogP contribution in [0, 0.1) is 20.3 Å². The standard InChI is InChI=1S/C9H21P.C3H5.HI.Pd/c1-7(2)10(8(3)4)9(5)6;1-3-2;;/h7-9H,1-6H3;3H,1-2H2;1H;/q;;;+2/p-1. The molecule has 0 nitrogen and oxygen atoms in total. The predicted octanol–water partition coefficient (Wildman–Crippen LogP) is 1.55. The van der Waals surface area contributed by atoms with Crippen LogP contribution in [0.2, 0.25) is 0 Å². The molecule has 0 amide bonds. The van der Waals surface area contributed by atoms with E-state index in [0.717, 1.165) is 17.0 Å². The molecular formula is C12H26IPPd+. The van der Waals surface area contributed by atoms with Gasteiger partial charge < -0.3 is 24.0 Å². The predicted molar refractivity (Wildman–Crippen MR) is 67.3 cm³/mol. The Morgan fingerprint density at radius 3 is 0.933 bits per heavy atom. The summed E-state index contributed by atoms with van der Waals surface area (Å²) < 4.78 is 0. The van der Waals surface area contributed by atoms with Gasteiger partial charge in [0, 0.05) is 0 Å². The number of hydrogen-bond donors (Lipinski definition) is 0. The van der Waals surface area contributed by atoms with E-state index in [4.69, 9.17) is 0 Å². The second-order valence-corrected chi connectivity index (χ2v) is 8.01. The van der Waals surface area contributed by atoms with Crippen molar-refractivity contribution in [3.63, 3.8) is 0 Å². The Morgan fingerprint density at radius 2 is 0.933 bits per heavy atom. The van der Waals surface area contributed by atoms with Gasteiger partial charge in [-0.05, 0) is 37.2 Å². The first-order valence-electron chi connectivity index (χ1n) is 5.06. The minimum atomic E-state index is 0. The minimum Gasteiger partial charge on any atom is -1.00 e. The Balaban J connectivity index is -0.000000108. The second kappa shape index (κ2) is 15.8. The van der Waals surface area contributed by atoms with Crippen LogP contribution in [-0.2, 0) is 20.4 Å². The Morgan fingerprint density at radius 1 is 0.800 bits per heavy atom. The Hall–Kier alpha value is 1.82. The SMILES string of the molecule is CC(C)P(C(C)C)C(C)C.[CH2][CH][CH2].[I-].[Pd+2]. The summed E-state index contributed by atoms with van der Waals surface area (Å²) >= 11 is 0. The first-order chi connectivity index (χ1) is 5.88. The van der Waals surface area contributed by atoms with Crippen molar-refractivity contribution in [2.45, 2.75) is 58.5 Å². The molecule has 95 valence electrons. The van der Waals surface area contributed by atoms with Crippen LogP contribution in [0.4, 0.5) is 0 Å². The van der Waals surface area contributed by atoms with Crippen LogP contribution in [-0.4, -0.2) is 17.0 Å². The van der Waals surface area contributed by atoms with E-state index in [-0.39, 0.29) is 52.3 Å². The van der Waals surface area contributed by atoms with Crippen molar-refractivity contribution in [1.29, 1.82) is 0 Å². The van der Waals surface area contributed by atoms with Crippen LogP contribution in [0.3, 0.4) is 0 Å². The zero-order chi connectivity index (χ0) is 11.0. The van der Waals surface area contributed by atoms with Crippen molar-refractivity contribution < 1.29 is 44.4 Å². The molecule has 3 heteroatoms. The monoisotopic (exact) mass is 434 g/mol. The van der Waals surface area contributed by atoms with Gasteiger partial charge >= 0.3 is 20.4 Å². The third kappa shape index (κ3) is 15.8. The summed E-state index contributed by atoms with van der Waals surface area (Å²) in [6, 6.07) is 0. The molecule has 0 unspecified atom stereocenters. The topological polar surface area (TPSA) is 0 Å². The molecule has 0 saturated heterocycles. The fourth-order valence-corrected chi connectivity index (χ4v) is 5.37. The quantitative estimate of drug-likeness (QED) is 0.359. The largest absolute Gasteiger partial charge is 2.00 e. The normalized spacial score (nSPS) is 9.60. The Kier molecular flexibility index (Phi) is 27.0. The maximum atomic E-state index is 3.25. The maximum Gasteiger partial charge on any atom is 2.00 e. The maximum absolute atomic E-state index is 3.25. The molecule has 0 rings (SSSR count). The molecule has 0 heterocycles. The number of hydrogen-bond acceptors (Lipinski definition) is 0. The molecule has 3 radical (unpaired) electrons. The molecule has 0 aliphatic heterocycles. The molecule has 0 spiro atoms. The Bertz CT molecular complexity index is 86.8. The van der Waals surface area contributed by atoms with Crippen LogP contribution >= 0.6 is 7.92 Å². The van der Waals surface area contributed by atoms with Gasteiger partial charge in [-0.15, -0.1) is 0 Å². The molecule has 0 atom stereocenters. The van der Waals surface area contributed by atoms with Crippen molar-refractivity contribution in [2.24, 2.45) is 0 Å². The van der Waals surface area contributed by atoms with E-state index in [2.05, 4.69) is 55.4 Å². The van der Waals surface area contributed by atoms with Crippen LogP contribution < -0.4 is 24.0 Å². The van der Waals surface area contributed by atoms with E-state index >= 15 is 0 Å². The fourth-order valence-electron chi connectivity index (χ4n) is 1.79. The Labute approximate surface area is 130 Å². The van der Waals surface area contributed by atoms with Gasteiger partial charge in [0.25, 0.3) is 0 Å². The van der Waals surface area contributed by atoms with Gasteiger partial charge in [0.15, 0.2) is 0 Å². The third-order valence-corrected chi connectivity index (χ3v) is 5.37. The molecular weight excluding hydrogens is 408 g/mol. The van der Waals surface area contributed by atoms with Crippen molar-refractivity contribution in [2.75, 3.05) is 0 Å². The first-order valence-corrected chi connectivity index (χ1v) is 6.60. The molecule has 0 N–H and O–H groups in total. The van der Waals surface area contributed by atoms with E-state index in [0.29, 0.717) is 0 Å². The van der Waals surface area contributed by atoms with Crippen LogP contribution in [0.15, 0.2) is 0 Å². The van der Waals surface area contributed by atoms with E-state index in [1.54, 1.807) is 0 Å². The molecule has 15 heavy (non-hydrogen) atoms. The fraction of sp³-hybridized carbons (Fsp3) is 0.750. The van der Waals surface area contributed by atoms with Gasteiger partial charge in [-0.3, -0.25) is 0 Å². The van der Waals surface area contributed by atoms with E-state index in [1.807, 2.05) is 0 Å². The first kappa shape index (κ1) is 25.6. The van der Waals surface area contributed by atoms with Crippen LogP contribution in [0.25, 0.3) is 0 Å². The average Bonchev–Trinajstić information content (AvgIpc) is 1.84. The van der Waals surface area contributed by atoms with E-state index in [9.17, 15) is 0 Å². The van der Waals surface area contributed by atoms with Gasteiger partial charge in [-0.25, -0.2) is 0 Å². The van der Waals surface area contributed by atoms with Crippen LogP contribution in [0.5, 0.6) is 0 Å². The summed E-state index contributed by atoms with van der Waals surface area (Å²) in [4.78, 5) is 0. The summed E-state index contributed by atoms with van der Waals surface area (Å²) in [5, 5.41) is 0. The number of rotatable bonds is 3.